The highest BCUT2D eigenvalue weighted by Gasteiger charge is 2.19. The lowest BCUT2D eigenvalue weighted by molar-refractivity contribution is 0.148. The molecule has 0 fully saturated rings. The Morgan fingerprint density at radius 3 is 2.79 bits per heavy atom. The number of fused-ring (bicyclic) bond motifs is 5. The van der Waals surface area contributed by atoms with Crippen molar-refractivity contribution in [3.63, 3.8) is 0 Å². The van der Waals surface area contributed by atoms with Crippen molar-refractivity contribution in [3.05, 3.63) is 71.6 Å². The van der Waals surface area contributed by atoms with E-state index >= 15 is 0 Å². The maximum absolute atomic E-state index is 6.40. The first-order valence-electron chi connectivity index (χ1n) is 11.3. The Morgan fingerprint density at radius 2 is 2.00 bits per heavy atom. The van der Waals surface area contributed by atoms with E-state index < -0.39 is 0 Å². The summed E-state index contributed by atoms with van der Waals surface area (Å²) in [4.78, 5) is 6.73. The average molecular weight is 445 g/mol. The number of benzene rings is 1. The largest absolute Gasteiger partial charge is 0.478 e. The first-order valence-corrected chi connectivity index (χ1v) is 11.3. The van der Waals surface area contributed by atoms with Gasteiger partial charge in [0.2, 0.25) is 11.8 Å². The van der Waals surface area contributed by atoms with Crippen molar-refractivity contribution in [2.75, 3.05) is 20.2 Å². The molecule has 33 heavy (non-hydrogen) atoms. The molecule has 1 aliphatic rings. The Labute approximate surface area is 196 Å². The molecule has 2 aromatic heterocycles. The molecule has 0 N–H and O–H groups in total. The fourth-order valence-electron chi connectivity index (χ4n) is 4.25. The second-order valence-corrected chi connectivity index (χ2v) is 8.62. The van der Waals surface area contributed by atoms with Crippen molar-refractivity contribution in [3.8, 4) is 22.9 Å². The summed E-state index contributed by atoms with van der Waals surface area (Å²) in [6, 6.07) is 8.45. The van der Waals surface area contributed by atoms with Gasteiger partial charge in [0, 0.05) is 31.9 Å². The average Bonchev–Trinajstić information content (AvgIpc) is 3.13. The number of aromatic nitrogens is 3. The number of ether oxygens (including phenoxy) is 2. The molecule has 1 unspecified atom stereocenters. The van der Waals surface area contributed by atoms with Crippen molar-refractivity contribution in [1.29, 1.82) is 0 Å². The topological polar surface area (TPSA) is 52.4 Å². The molecular weight excluding hydrogens is 412 g/mol. The van der Waals surface area contributed by atoms with E-state index in [1.165, 1.54) is 0 Å². The molecule has 3 heterocycles. The molecule has 172 valence electrons. The quantitative estimate of drug-likeness (QED) is 0.549. The molecule has 0 amide bonds. The molecule has 6 nitrogen and oxygen atoms in total. The Hall–Kier alpha value is -3.38. The zero-order valence-electron chi connectivity index (χ0n) is 20.1. The van der Waals surface area contributed by atoms with E-state index in [1.54, 1.807) is 4.68 Å². The second-order valence-electron chi connectivity index (χ2n) is 8.62. The van der Waals surface area contributed by atoms with Crippen molar-refractivity contribution < 1.29 is 9.47 Å². The summed E-state index contributed by atoms with van der Waals surface area (Å²) >= 11 is 0. The molecule has 3 aromatic rings. The summed E-state index contributed by atoms with van der Waals surface area (Å²) in [5, 5.41) is 4.47. The van der Waals surface area contributed by atoms with E-state index in [1.807, 2.05) is 26.4 Å². The lowest BCUT2D eigenvalue weighted by atomic mass is 9.96. The van der Waals surface area contributed by atoms with Gasteiger partial charge in [-0.25, -0.2) is 9.67 Å². The van der Waals surface area contributed by atoms with E-state index in [0.717, 1.165) is 57.9 Å². The molecule has 4 rings (SSSR count). The number of nitrogens with zero attached hydrogens (tertiary/aromatic N) is 4. The Balaban J connectivity index is 1.85. The molecule has 1 aromatic carbocycles. The molecule has 0 saturated heterocycles. The van der Waals surface area contributed by atoms with Gasteiger partial charge in [0.1, 0.15) is 6.10 Å². The molecule has 0 aliphatic carbocycles. The number of pyridine rings is 1. The maximum Gasteiger partial charge on any atom is 0.221 e. The summed E-state index contributed by atoms with van der Waals surface area (Å²) in [6.45, 7) is 12.6. The minimum atomic E-state index is -0.0265. The van der Waals surface area contributed by atoms with E-state index in [-0.39, 0.29) is 6.10 Å². The highest BCUT2D eigenvalue weighted by Crippen LogP contribution is 2.34. The van der Waals surface area contributed by atoms with Crippen LogP contribution in [0.3, 0.4) is 0 Å². The van der Waals surface area contributed by atoms with Gasteiger partial charge in [0.05, 0.1) is 18.4 Å². The minimum Gasteiger partial charge on any atom is -0.478 e. The van der Waals surface area contributed by atoms with Crippen LogP contribution in [0.25, 0.3) is 22.8 Å². The smallest absolute Gasteiger partial charge is 0.221 e. The van der Waals surface area contributed by atoms with E-state index in [0.29, 0.717) is 12.5 Å². The minimum absolute atomic E-state index is 0.0265. The van der Waals surface area contributed by atoms with Gasteiger partial charge in [-0.3, -0.25) is 4.90 Å². The summed E-state index contributed by atoms with van der Waals surface area (Å²) in [5.41, 5.74) is 7.34. The lowest BCUT2D eigenvalue weighted by Crippen LogP contribution is -2.31. The van der Waals surface area contributed by atoms with Crippen LogP contribution in [0, 0.1) is 6.92 Å². The van der Waals surface area contributed by atoms with Gasteiger partial charge in [-0.05, 0) is 73.9 Å². The van der Waals surface area contributed by atoms with Crippen molar-refractivity contribution >= 4 is 11.6 Å². The summed E-state index contributed by atoms with van der Waals surface area (Å²) in [5.74, 6) is 1.41. The third-order valence-electron chi connectivity index (χ3n) is 5.88. The van der Waals surface area contributed by atoms with Crippen molar-refractivity contribution in [2.45, 2.75) is 33.4 Å². The van der Waals surface area contributed by atoms with Crippen molar-refractivity contribution in [2.24, 2.45) is 7.05 Å². The Morgan fingerprint density at radius 1 is 1.18 bits per heavy atom. The van der Waals surface area contributed by atoms with Gasteiger partial charge in [0.25, 0.3) is 0 Å². The van der Waals surface area contributed by atoms with Crippen LogP contribution in [0.2, 0.25) is 0 Å². The molecule has 6 heteroatoms. The maximum atomic E-state index is 6.40. The number of likely N-dealkylation sites (N-methyl/N-ethyl adjacent to an activating group) is 1. The summed E-state index contributed by atoms with van der Waals surface area (Å²) < 4.78 is 14.1. The first kappa shape index (κ1) is 22.8. The van der Waals surface area contributed by atoms with E-state index in [9.17, 15) is 0 Å². The first-order chi connectivity index (χ1) is 15.9. The monoisotopic (exact) mass is 444 g/mol. The molecule has 0 saturated carbocycles. The predicted octanol–water partition coefficient (Wildman–Crippen LogP) is 5.13. The fourth-order valence-corrected chi connectivity index (χ4v) is 4.25. The highest BCUT2D eigenvalue weighted by atomic mass is 16.5. The third kappa shape index (κ3) is 4.86. The van der Waals surface area contributed by atoms with Crippen LogP contribution in [0.4, 0.5) is 0 Å². The SMILES string of the molecule is C=C1/C=C/c2c(ccnc2OCC)CN(C)CC(C)Oc2c(cnn2C)-c2ccc(C)c1c2. The van der Waals surface area contributed by atoms with Gasteiger partial charge in [-0.2, -0.15) is 5.10 Å². The second kappa shape index (κ2) is 9.63. The molecule has 1 atom stereocenters. The summed E-state index contributed by atoms with van der Waals surface area (Å²) in [7, 11) is 4.01. The fraction of sp³-hybridized carbons (Fsp3) is 0.333. The molecule has 2 bridgehead atoms. The number of allylic oxidation sites excluding steroid dienone is 2. The van der Waals surface area contributed by atoms with Crippen LogP contribution in [0.15, 0.2) is 49.3 Å². The lowest BCUT2D eigenvalue weighted by Gasteiger charge is -2.23. The Kier molecular flexibility index (Phi) is 6.65. The normalized spacial score (nSPS) is 17.8. The number of aryl methyl sites for hydroxylation is 2. The number of hydrogen-bond acceptors (Lipinski definition) is 5. The van der Waals surface area contributed by atoms with Gasteiger partial charge >= 0.3 is 0 Å². The third-order valence-corrected chi connectivity index (χ3v) is 5.88. The molecule has 0 radical (unpaired) electrons. The van der Waals surface area contributed by atoms with Gasteiger partial charge < -0.3 is 9.47 Å². The van der Waals surface area contributed by atoms with E-state index in [2.05, 4.69) is 78.9 Å². The predicted molar refractivity (Wildman–Crippen MR) is 133 cm³/mol. The number of hydrogen-bond donors (Lipinski definition) is 0. The van der Waals surface area contributed by atoms with Crippen LogP contribution in [-0.2, 0) is 13.6 Å². The van der Waals surface area contributed by atoms with Crippen LogP contribution >= 0.6 is 0 Å². The van der Waals surface area contributed by atoms with Gasteiger partial charge in [0.15, 0.2) is 0 Å². The van der Waals surface area contributed by atoms with Gasteiger partial charge in [-0.15, -0.1) is 0 Å². The van der Waals surface area contributed by atoms with Crippen LogP contribution in [0.1, 0.15) is 36.1 Å². The Bertz CT molecular complexity index is 1190. The van der Waals surface area contributed by atoms with Gasteiger partial charge in [-0.1, -0.05) is 24.8 Å². The highest BCUT2D eigenvalue weighted by molar-refractivity contribution is 5.83. The van der Waals surface area contributed by atoms with Crippen LogP contribution in [0.5, 0.6) is 11.8 Å². The van der Waals surface area contributed by atoms with Crippen LogP contribution in [-0.4, -0.2) is 46.0 Å². The summed E-state index contributed by atoms with van der Waals surface area (Å²) in [6.07, 6.45) is 7.78. The molecule has 0 spiro atoms. The number of rotatable bonds is 2. The zero-order valence-corrected chi connectivity index (χ0v) is 20.1. The zero-order chi connectivity index (χ0) is 23.5. The van der Waals surface area contributed by atoms with E-state index in [4.69, 9.17) is 9.47 Å². The standard InChI is InChI=1S/C27H32N4O2/c1-7-32-26-23-11-9-19(3)24-14-21(10-8-18(24)2)25-15-29-31(6)27(25)33-20(4)16-30(5)17-22(23)12-13-28-26/h8-15,20H,3,7,16-17H2,1-2,4-6H3/b11-9+. The van der Waals surface area contributed by atoms with Crippen LogP contribution < -0.4 is 9.47 Å². The molecule has 1 aliphatic heterocycles. The van der Waals surface area contributed by atoms with Crippen molar-refractivity contribution in [1.82, 2.24) is 19.7 Å². The molecular formula is C27H32N4O2.